The van der Waals surface area contributed by atoms with Crippen LogP contribution in [0.1, 0.15) is 144 Å². The molecule has 0 fully saturated rings. The summed E-state index contributed by atoms with van der Waals surface area (Å²) in [6.07, 6.45) is 21.5. The maximum absolute atomic E-state index is 5.92. The number of guanidine groups is 1. The average molecular weight is 448 g/mol. The zero-order valence-electron chi connectivity index (χ0n) is 22.8. The van der Waals surface area contributed by atoms with Crippen LogP contribution < -0.4 is 41.0 Å². The predicted molar refractivity (Wildman–Crippen MR) is 136 cm³/mol. The third-order valence-corrected chi connectivity index (χ3v) is 6.07. The van der Waals surface area contributed by atoms with E-state index in [2.05, 4.69) is 46.1 Å². The Morgan fingerprint density at radius 1 is 0.484 bits per heavy atom. The maximum atomic E-state index is 5.92. The zero-order valence-corrected chi connectivity index (χ0v) is 24.8. The monoisotopic (exact) mass is 447 g/mol. The van der Waals surface area contributed by atoms with E-state index in [0.717, 1.165) is 13.1 Å². The van der Waals surface area contributed by atoms with Gasteiger partial charge in [0.15, 0.2) is 0 Å². The molecular formula is C27H58N3Na+2. The van der Waals surface area contributed by atoms with Gasteiger partial charge in [0.1, 0.15) is 0 Å². The van der Waals surface area contributed by atoms with Gasteiger partial charge in [0.2, 0.25) is 0 Å². The van der Waals surface area contributed by atoms with Gasteiger partial charge in [-0.2, -0.15) is 0 Å². The van der Waals surface area contributed by atoms with Crippen molar-refractivity contribution in [2.75, 3.05) is 13.1 Å². The first-order valence-electron chi connectivity index (χ1n) is 13.1. The Balaban J connectivity index is 0. The molecule has 0 rings (SSSR count). The molecule has 4 heteroatoms. The van der Waals surface area contributed by atoms with E-state index < -0.39 is 0 Å². The Labute approximate surface area is 218 Å². The summed E-state index contributed by atoms with van der Waals surface area (Å²) in [5, 5.41) is 0. The van der Waals surface area contributed by atoms with Crippen LogP contribution >= 0.6 is 0 Å². The molecule has 180 valence electrons. The molecule has 0 aromatic rings. The quantitative estimate of drug-likeness (QED) is 0.106. The Hall–Kier alpha value is 0.270. The number of unbranched alkanes of at least 4 members (excludes halogenated alkanes) is 12. The van der Waals surface area contributed by atoms with Gasteiger partial charge in [-0.25, -0.2) is 0 Å². The second-order valence-electron chi connectivity index (χ2n) is 12.0. The summed E-state index contributed by atoms with van der Waals surface area (Å²) in [7, 11) is 0. The summed E-state index contributed by atoms with van der Waals surface area (Å²) in [4.78, 5) is 0. The van der Waals surface area contributed by atoms with Crippen LogP contribution in [0.3, 0.4) is 0 Å². The summed E-state index contributed by atoms with van der Waals surface area (Å²) in [5.74, 6) is 0.513. The van der Waals surface area contributed by atoms with Gasteiger partial charge in [0.25, 0.3) is 0 Å². The van der Waals surface area contributed by atoms with Crippen molar-refractivity contribution in [2.24, 2.45) is 22.3 Å². The Bertz CT molecular complexity index is 395. The fourth-order valence-electron chi connectivity index (χ4n) is 4.05. The number of nitrogens with two attached hydrogens (primary N) is 2. The molecular weight excluding hydrogens is 389 g/mol. The molecule has 0 aliphatic carbocycles. The topological polar surface area (TPSA) is 55.0 Å². The van der Waals surface area contributed by atoms with Crippen molar-refractivity contribution in [3.63, 3.8) is 0 Å². The molecule has 0 radical (unpaired) electrons. The van der Waals surface area contributed by atoms with E-state index in [9.17, 15) is 0 Å². The average Bonchev–Trinajstić information content (AvgIpc) is 2.61. The number of hydrogen-bond donors (Lipinski definition) is 2. The minimum atomic E-state index is 0. The molecule has 0 spiro atoms. The van der Waals surface area contributed by atoms with E-state index in [-0.39, 0.29) is 29.6 Å². The molecule has 3 nitrogen and oxygen atoms in total. The van der Waals surface area contributed by atoms with Crippen molar-refractivity contribution in [1.82, 2.24) is 0 Å². The molecule has 0 saturated heterocycles. The van der Waals surface area contributed by atoms with Gasteiger partial charge in [0, 0.05) is 0 Å². The molecule has 0 bridgehead atoms. The summed E-state index contributed by atoms with van der Waals surface area (Å²) >= 11 is 0. The van der Waals surface area contributed by atoms with Crippen molar-refractivity contribution < 1.29 is 34.1 Å². The van der Waals surface area contributed by atoms with E-state index in [1.807, 2.05) is 0 Å². The van der Waals surface area contributed by atoms with Gasteiger partial charge in [-0.15, -0.1) is 0 Å². The summed E-state index contributed by atoms with van der Waals surface area (Å²) in [5.41, 5.74) is 12.8. The van der Waals surface area contributed by atoms with Gasteiger partial charge in [-0.3, -0.25) is 16.0 Å². The SMILES string of the molecule is CC(C)(C)CCCCCCCCC[N+](CCCCCCCCCC(C)(C)C)=C(N)N.[Na+]. The molecule has 0 unspecified atom stereocenters. The molecule has 0 atom stereocenters. The Kier molecular flexibility index (Phi) is 21.3. The minimum absolute atomic E-state index is 0. The van der Waals surface area contributed by atoms with E-state index in [4.69, 9.17) is 11.5 Å². The zero-order chi connectivity index (χ0) is 22.9. The van der Waals surface area contributed by atoms with Gasteiger partial charge in [0.05, 0.1) is 13.1 Å². The number of hydrogen-bond acceptors (Lipinski definition) is 0. The van der Waals surface area contributed by atoms with Gasteiger partial charge in [-0.1, -0.05) is 119 Å². The van der Waals surface area contributed by atoms with Crippen molar-refractivity contribution in [3.8, 4) is 0 Å². The normalized spacial score (nSPS) is 11.9. The molecule has 0 aliphatic rings. The van der Waals surface area contributed by atoms with Crippen LogP contribution in [-0.2, 0) is 0 Å². The minimum Gasteiger partial charge on any atom is -0.291 e. The number of nitrogens with zero attached hydrogens (tertiary/aromatic N) is 1. The smallest absolute Gasteiger partial charge is 0.291 e. The van der Waals surface area contributed by atoms with Crippen LogP contribution in [0.2, 0.25) is 0 Å². The van der Waals surface area contributed by atoms with Crippen molar-refractivity contribution in [1.29, 1.82) is 0 Å². The van der Waals surface area contributed by atoms with Crippen molar-refractivity contribution in [2.45, 2.75) is 144 Å². The molecule has 0 heterocycles. The van der Waals surface area contributed by atoms with Crippen LogP contribution in [-0.4, -0.2) is 23.6 Å². The molecule has 0 saturated carbocycles. The Morgan fingerprint density at radius 3 is 1.00 bits per heavy atom. The first kappa shape index (κ1) is 33.4. The van der Waals surface area contributed by atoms with E-state index in [1.165, 1.54) is 103 Å². The van der Waals surface area contributed by atoms with E-state index in [0.29, 0.717) is 16.8 Å². The van der Waals surface area contributed by atoms with Crippen LogP contribution in [0.25, 0.3) is 0 Å². The molecule has 0 amide bonds. The third kappa shape index (κ3) is 26.4. The van der Waals surface area contributed by atoms with Gasteiger partial charge < -0.3 is 0 Å². The largest absolute Gasteiger partial charge is 1.00 e. The van der Waals surface area contributed by atoms with Crippen molar-refractivity contribution in [3.05, 3.63) is 0 Å². The Morgan fingerprint density at radius 2 is 0.742 bits per heavy atom. The van der Waals surface area contributed by atoms with Crippen LogP contribution in [0, 0.1) is 10.8 Å². The predicted octanol–water partition coefficient (Wildman–Crippen LogP) is 4.61. The van der Waals surface area contributed by atoms with E-state index >= 15 is 0 Å². The standard InChI is InChI=1S/C27H57N3.Na/c1-26(2,3)21-17-13-9-7-11-15-19-23-30(25(28)29)24-20-16-12-8-10-14-18-22-27(4,5)6;/h7-24H2,1-6H3,(H3,28,29);/q;+1/p+1. The second-order valence-corrected chi connectivity index (χ2v) is 12.0. The third-order valence-electron chi connectivity index (χ3n) is 6.07. The van der Waals surface area contributed by atoms with Crippen LogP contribution in [0.15, 0.2) is 0 Å². The van der Waals surface area contributed by atoms with E-state index in [1.54, 1.807) is 0 Å². The summed E-state index contributed by atoms with van der Waals surface area (Å²) in [6, 6.07) is 0. The van der Waals surface area contributed by atoms with Crippen molar-refractivity contribution >= 4 is 5.96 Å². The molecule has 0 aromatic heterocycles. The molecule has 4 N–H and O–H groups in total. The fourth-order valence-corrected chi connectivity index (χ4v) is 4.05. The second kappa shape index (κ2) is 19.7. The molecule has 0 aromatic carbocycles. The summed E-state index contributed by atoms with van der Waals surface area (Å²) < 4.78 is 2.20. The fraction of sp³-hybridized carbons (Fsp3) is 0.963. The summed E-state index contributed by atoms with van der Waals surface area (Å²) in [6.45, 7) is 16.1. The van der Waals surface area contributed by atoms with Gasteiger partial charge >= 0.3 is 35.5 Å². The van der Waals surface area contributed by atoms with Gasteiger partial charge in [-0.05, 0) is 36.5 Å². The number of rotatable bonds is 18. The molecule has 0 aliphatic heterocycles. The first-order valence-corrected chi connectivity index (χ1v) is 13.1. The van der Waals surface area contributed by atoms with Crippen LogP contribution in [0.4, 0.5) is 0 Å². The van der Waals surface area contributed by atoms with Crippen LogP contribution in [0.5, 0.6) is 0 Å². The maximum Gasteiger partial charge on any atom is 1.00 e. The molecule has 31 heavy (non-hydrogen) atoms. The first-order chi connectivity index (χ1) is 14.0.